The number of halogens is 1. The van der Waals surface area contributed by atoms with Gasteiger partial charge in [-0.05, 0) is 16.8 Å². The van der Waals surface area contributed by atoms with Crippen LogP contribution in [0.3, 0.4) is 0 Å². The van der Waals surface area contributed by atoms with Crippen molar-refractivity contribution in [3.63, 3.8) is 0 Å². The van der Waals surface area contributed by atoms with Crippen LogP contribution < -0.4 is 5.19 Å². The normalized spacial score (nSPS) is 11.7. The van der Waals surface area contributed by atoms with Gasteiger partial charge in [-0.15, -0.1) is 0 Å². The van der Waals surface area contributed by atoms with E-state index in [0.717, 1.165) is 10.8 Å². The van der Waals surface area contributed by atoms with E-state index in [9.17, 15) is 4.79 Å². The molecule has 126 valence electrons. The highest BCUT2D eigenvalue weighted by Gasteiger charge is 2.26. The van der Waals surface area contributed by atoms with Crippen molar-refractivity contribution in [1.29, 1.82) is 0 Å². The standard InChI is InChI=1S/C20H24ClNOSi/c1-22(15-9-12-16-10-6-5-7-11-16)20(23)19-17(21)13-8-14-18(19)24(2,3)4/h5-14H,15H2,1-4H3. The van der Waals surface area contributed by atoms with E-state index in [-0.39, 0.29) is 5.91 Å². The molecule has 2 aromatic carbocycles. The molecule has 0 unspecified atom stereocenters. The predicted molar refractivity (Wildman–Crippen MR) is 107 cm³/mol. The average molecular weight is 358 g/mol. The van der Waals surface area contributed by atoms with Crippen LogP contribution in [0.15, 0.2) is 54.6 Å². The Morgan fingerprint density at radius 2 is 1.75 bits per heavy atom. The van der Waals surface area contributed by atoms with Crippen LogP contribution in [0, 0.1) is 0 Å². The predicted octanol–water partition coefficient (Wildman–Crippen LogP) is 4.67. The molecule has 24 heavy (non-hydrogen) atoms. The summed E-state index contributed by atoms with van der Waals surface area (Å²) in [4.78, 5) is 14.6. The zero-order valence-electron chi connectivity index (χ0n) is 14.7. The van der Waals surface area contributed by atoms with Crippen molar-refractivity contribution < 1.29 is 4.79 Å². The fraction of sp³-hybridized carbons (Fsp3) is 0.250. The third-order valence-corrected chi connectivity index (χ3v) is 6.22. The molecule has 0 fully saturated rings. The van der Waals surface area contributed by atoms with Gasteiger partial charge in [0.1, 0.15) is 0 Å². The minimum absolute atomic E-state index is 0.0178. The fourth-order valence-electron chi connectivity index (χ4n) is 2.55. The Kier molecular flexibility index (Phi) is 6.03. The van der Waals surface area contributed by atoms with E-state index < -0.39 is 8.07 Å². The number of amides is 1. The molecule has 2 nitrogen and oxygen atoms in total. The van der Waals surface area contributed by atoms with Gasteiger partial charge in [0.05, 0.1) is 18.7 Å². The molecule has 0 aliphatic rings. The van der Waals surface area contributed by atoms with Gasteiger partial charge in [-0.25, -0.2) is 0 Å². The van der Waals surface area contributed by atoms with Crippen molar-refractivity contribution in [3.8, 4) is 0 Å². The van der Waals surface area contributed by atoms with Gasteiger partial charge in [0.2, 0.25) is 0 Å². The molecule has 0 aliphatic carbocycles. The summed E-state index contributed by atoms with van der Waals surface area (Å²) >= 11 is 6.36. The van der Waals surface area contributed by atoms with Crippen molar-refractivity contribution in [2.24, 2.45) is 0 Å². The number of likely N-dealkylation sites (N-methyl/N-ethyl adjacent to an activating group) is 1. The third kappa shape index (κ3) is 4.59. The summed E-state index contributed by atoms with van der Waals surface area (Å²) in [6.45, 7) is 7.23. The van der Waals surface area contributed by atoms with Gasteiger partial charge in [-0.3, -0.25) is 4.79 Å². The molecule has 4 heteroatoms. The van der Waals surface area contributed by atoms with Crippen LogP contribution in [0.2, 0.25) is 24.7 Å². The van der Waals surface area contributed by atoms with Crippen molar-refractivity contribution >= 4 is 36.8 Å². The van der Waals surface area contributed by atoms with E-state index in [0.29, 0.717) is 17.1 Å². The minimum atomic E-state index is -1.65. The van der Waals surface area contributed by atoms with Crippen molar-refractivity contribution in [1.82, 2.24) is 4.90 Å². The van der Waals surface area contributed by atoms with Crippen LogP contribution in [0.1, 0.15) is 15.9 Å². The minimum Gasteiger partial charge on any atom is -0.338 e. The van der Waals surface area contributed by atoms with Crippen LogP contribution in [0.25, 0.3) is 6.08 Å². The SMILES string of the molecule is CN(CC=Cc1ccccc1)C(=O)c1c(Cl)cccc1[Si](C)(C)C. The second-order valence-electron chi connectivity index (χ2n) is 6.91. The number of nitrogens with zero attached hydrogens (tertiary/aromatic N) is 1. The van der Waals surface area contributed by atoms with E-state index in [1.165, 1.54) is 0 Å². The molecule has 0 aromatic heterocycles. The Balaban J connectivity index is 2.18. The second-order valence-corrected chi connectivity index (χ2v) is 12.4. The van der Waals surface area contributed by atoms with E-state index in [1.807, 2.05) is 61.7 Å². The van der Waals surface area contributed by atoms with E-state index in [1.54, 1.807) is 11.0 Å². The lowest BCUT2D eigenvalue weighted by atomic mass is 10.2. The summed E-state index contributed by atoms with van der Waals surface area (Å²) < 4.78 is 0. The van der Waals surface area contributed by atoms with Crippen molar-refractivity contribution in [2.45, 2.75) is 19.6 Å². The first kappa shape index (κ1) is 18.5. The van der Waals surface area contributed by atoms with Crippen LogP contribution in [0.4, 0.5) is 0 Å². The Morgan fingerprint density at radius 3 is 2.38 bits per heavy atom. The zero-order chi connectivity index (χ0) is 17.7. The molecule has 0 saturated carbocycles. The largest absolute Gasteiger partial charge is 0.338 e. The van der Waals surface area contributed by atoms with Gasteiger partial charge < -0.3 is 4.90 Å². The Labute approximate surface area is 150 Å². The van der Waals surface area contributed by atoms with Crippen LogP contribution in [-0.2, 0) is 0 Å². The molecule has 0 radical (unpaired) electrons. The highest BCUT2D eigenvalue weighted by atomic mass is 35.5. The molecule has 2 rings (SSSR count). The zero-order valence-corrected chi connectivity index (χ0v) is 16.5. The van der Waals surface area contributed by atoms with Crippen molar-refractivity contribution in [3.05, 3.63) is 70.8 Å². The number of rotatable bonds is 5. The van der Waals surface area contributed by atoms with Crippen LogP contribution >= 0.6 is 11.6 Å². The molecular weight excluding hydrogens is 334 g/mol. The first-order valence-corrected chi connectivity index (χ1v) is 11.9. The molecule has 0 spiro atoms. The third-order valence-electron chi connectivity index (χ3n) is 3.87. The first-order valence-electron chi connectivity index (χ1n) is 8.07. The summed E-state index contributed by atoms with van der Waals surface area (Å²) in [6, 6.07) is 15.8. The fourth-order valence-corrected chi connectivity index (χ4v) is 4.47. The lowest BCUT2D eigenvalue weighted by Gasteiger charge is -2.24. The number of carbonyl (C=O) groups excluding carboxylic acids is 1. The van der Waals surface area contributed by atoms with Crippen LogP contribution in [-0.4, -0.2) is 32.5 Å². The van der Waals surface area contributed by atoms with E-state index >= 15 is 0 Å². The average Bonchev–Trinajstić information content (AvgIpc) is 2.54. The van der Waals surface area contributed by atoms with E-state index in [4.69, 9.17) is 11.6 Å². The van der Waals surface area contributed by atoms with Gasteiger partial charge in [-0.2, -0.15) is 0 Å². The summed E-state index contributed by atoms with van der Waals surface area (Å²) in [6.07, 6.45) is 4.02. The molecule has 2 aromatic rings. The molecule has 0 saturated heterocycles. The Bertz CT molecular complexity index is 735. The monoisotopic (exact) mass is 357 g/mol. The molecular formula is C20H24ClNOSi. The number of hydrogen-bond acceptors (Lipinski definition) is 1. The molecule has 0 aliphatic heterocycles. The maximum absolute atomic E-state index is 12.9. The molecule has 1 amide bonds. The summed E-state index contributed by atoms with van der Waals surface area (Å²) in [5.74, 6) is -0.0178. The lowest BCUT2D eigenvalue weighted by Crippen LogP contribution is -2.44. The van der Waals surface area contributed by atoms with E-state index in [2.05, 4.69) is 19.6 Å². The van der Waals surface area contributed by atoms with Gasteiger partial charge in [0.25, 0.3) is 5.91 Å². The first-order chi connectivity index (χ1) is 11.3. The summed E-state index contributed by atoms with van der Waals surface area (Å²) in [5, 5.41) is 1.65. The lowest BCUT2D eigenvalue weighted by molar-refractivity contribution is 0.0811. The van der Waals surface area contributed by atoms with Gasteiger partial charge in [-0.1, -0.05) is 85.9 Å². The summed E-state index contributed by atoms with van der Waals surface area (Å²) in [7, 11) is 0.163. The maximum Gasteiger partial charge on any atom is 0.255 e. The maximum atomic E-state index is 12.9. The molecule has 0 N–H and O–H groups in total. The van der Waals surface area contributed by atoms with Gasteiger partial charge >= 0.3 is 0 Å². The highest BCUT2D eigenvalue weighted by molar-refractivity contribution is 6.89. The molecule has 0 bridgehead atoms. The quantitative estimate of drug-likeness (QED) is 0.712. The molecule has 0 heterocycles. The number of carbonyl (C=O) groups is 1. The van der Waals surface area contributed by atoms with Crippen LogP contribution in [0.5, 0.6) is 0 Å². The second kappa shape index (κ2) is 7.82. The topological polar surface area (TPSA) is 20.3 Å². The Hall–Kier alpha value is -1.84. The summed E-state index contributed by atoms with van der Waals surface area (Å²) in [5.41, 5.74) is 1.79. The van der Waals surface area contributed by atoms with Crippen molar-refractivity contribution in [2.75, 3.05) is 13.6 Å². The number of hydrogen-bond donors (Lipinski definition) is 0. The number of benzene rings is 2. The molecule has 0 atom stereocenters. The Morgan fingerprint density at radius 1 is 1.08 bits per heavy atom. The van der Waals surface area contributed by atoms with Gasteiger partial charge in [0.15, 0.2) is 0 Å². The van der Waals surface area contributed by atoms with Gasteiger partial charge in [0, 0.05) is 13.6 Å². The smallest absolute Gasteiger partial charge is 0.255 e. The highest BCUT2D eigenvalue weighted by Crippen LogP contribution is 2.19.